The fourth-order valence-corrected chi connectivity index (χ4v) is 3.65. The van der Waals surface area contributed by atoms with Crippen molar-refractivity contribution in [3.8, 4) is 11.5 Å². The van der Waals surface area contributed by atoms with Crippen molar-refractivity contribution >= 4 is 0 Å². The molecule has 3 unspecified atom stereocenters. The molecule has 0 spiro atoms. The molecule has 1 fully saturated rings. The number of aromatic hydroxyl groups is 1. The monoisotopic (exact) mass is 357 g/mol. The standard InChI is InChI=1S/C21H27NO4/c1-26-18-11-7-16(8-12-18)21(25)19-4-2-3-13-22(19)14-20(24)15-5-9-17(23)10-6-15/h5-12,19-21,23-25H,2-4,13-14H2,1H3. The SMILES string of the molecule is COc1ccc(C(O)C2CCCCN2CC(O)c2ccc(O)cc2)cc1. The van der Waals surface area contributed by atoms with Crippen molar-refractivity contribution in [2.24, 2.45) is 0 Å². The number of hydrogen-bond acceptors (Lipinski definition) is 5. The topological polar surface area (TPSA) is 73.2 Å². The first kappa shape index (κ1) is 18.7. The van der Waals surface area contributed by atoms with Crippen LogP contribution < -0.4 is 4.74 Å². The van der Waals surface area contributed by atoms with Gasteiger partial charge in [-0.25, -0.2) is 0 Å². The van der Waals surface area contributed by atoms with E-state index in [2.05, 4.69) is 4.90 Å². The second kappa shape index (κ2) is 8.54. The maximum Gasteiger partial charge on any atom is 0.118 e. The molecule has 1 aliphatic rings. The van der Waals surface area contributed by atoms with E-state index in [4.69, 9.17) is 4.74 Å². The van der Waals surface area contributed by atoms with E-state index in [0.717, 1.165) is 42.7 Å². The van der Waals surface area contributed by atoms with E-state index in [1.807, 2.05) is 24.3 Å². The van der Waals surface area contributed by atoms with Gasteiger partial charge in [0.25, 0.3) is 0 Å². The molecule has 5 nitrogen and oxygen atoms in total. The molecular weight excluding hydrogens is 330 g/mol. The Labute approximate surface area is 154 Å². The Morgan fingerprint density at radius 3 is 2.31 bits per heavy atom. The molecule has 0 aliphatic carbocycles. The first-order valence-electron chi connectivity index (χ1n) is 9.11. The summed E-state index contributed by atoms with van der Waals surface area (Å²) in [5.74, 6) is 0.955. The smallest absolute Gasteiger partial charge is 0.118 e. The highest BCUT2D eigenvalue weighted by molar-refractivity contribution is 5.29. The van der Waals surface area contributed by atoms with Crippen molar-refractivity contribution in [3.05, 3.63) is 59.7 Å². The molecule has 3 rings (SSSR count). The van der Waals surface area contributed by atoms with Gasteiger partial charge in [-0.3, -0.25) is 4.90 Å². The van der Waals surface area contributed by atoms with Crippen LogP contribution in [0.2, 0.25) is 0 Å². The normalized spacial score (nSPS) is 20.5. The summed E-state index contributed by atoms with van der Waals surface area (Å²) in [4.78, 5) is 2.18. The number of rotatable bonds is 6. The molecule has 140 valence electrons. The van der Waals surface area contributed by atoms with Gasteiger partial charge in [-0.2, -0.15) is 0 Å². The number of aliphatic hydroxyl groups is 2. The molecule has 2 aromatic carbocycles. The number of likely N-dealkylation sites (tertiary alicyclic amines) is 1. The summed E-state index contributed by atoms with van der Waals surface area (Å²) in [6.07, 6.45) is 1.78. The van der Waals surface area contributed by atoms with Gasteiger partial charge in [0.05, 0.1) is 19.3 Å². The number of methoxy groups -OCH3 is 1. The zero-order valence-corrected chi connectivity index (χ0v) is 15.1. The fourth-order valence-electron chi connectivity index (χ4n) is 3.65. The third-order valence-corrected chi connectivity index (χ3v) is 5.17. The number of benzene rings is 2. The van der Waals surface area contributed by atoms with Crippen LogP contribution >= 0.6 is 0 Å². The van der Waals surface area contributed by atoms with E-state index >= 15 is 0 Å². The maximum atomic E-state index is 10.9. The van der Waals surface area contributed by atoms with E-state index in [-0.39, 0.29) is 11.8 Å². The highest BCUT2D eigenvalue weighted by Crippen LogP contribution is 2.31. The third-order valence-electron chi connectivity index (χ3n) is 5.17. The summed E-state index contributed by atoms with van der Waals surface area (Å²) in [6.45, 7) is 1.32. The largest absolute Gasteiger partial charge is 0.508 e. The zero-order valence-electron chi connectivity index (χ0n) is 15.1. The second-order valence-electron chi connectivity index (χ2n) is 6.88. The number of aliphatic hydroxyl groups excluding tert-OH is 2. The van der Waals surface area contributed by atoms with Crippen LogP contribution in [0.5, 0.6) is 11.5 Å². The summed E-state index contributed by atoms with van der Waals surface area (Å²) in [5.41, 5.74) is 1.63. The molecule has 0 bridgehead atoms. The first-order chi connectivity index (χ1) is 12.6. The highest BCUT2D eigenvalue weighted by atomic mass is 16.5. The van der Waals surface area contributed by atoms with Crippen LogP contribution in [0.25, 0.3) is 0 Å². The minimum atomic E-state index is -0.653. The van der Waals surface area contributed by atoms with Crippen molar-refractivity contribution in [2.75, 3.05) is 20.2 Å². The molecule has 1 heterocycles. The molecule has 26 heavy (non-hydrogen) atoms. The first-order valence-corrected chi connectivity index (χ1v) is 9.11. The Kier molecular flexibility index (Phi) is 6.14. The number of nitrogens with zero attached hydrogens (tertiary/aromatic N) is 1. The van der Waals surface area contributed by atoms with Crippen LogP contribution in [-0.2, 0) is 0 Å². The van der Waals surface area contributed by atoms with Gasteiger partial charge >= 0.3 is 0 Å². The number of ether oxygens (including phenoxy) is 1. The summed E-state index contributed by atoms with van der Waals surface area (Å²) in [7, 11) is 1.62. The van der Waals surface area contributed by atoms with Crippen molar-refractivity contribution in [3.63, 3.8) is 0 Å². The predicted molar refractivity (Wildman–Crippen MR) is 100 cm³/mol. The van der Waals surface area contributed by atoms with E-state index in [0.29, 0.717) is 6.54 Å². The number of phenols is 1. The lowest BCUT2D eigenvalue weighted by molar-refractivity contribution is -0.00105. The van der Waals surface area contributed by atoms with E-state index in [9.17, 15) is 15.3 Å². The molecule has 0 radical (unpaired) electrons. The van der Waals surface area contributed by atoms with Gasteiger partial charge in [0.2, 0.25) is 0 Å². The zero-order chi connectivity index (χ0) is 18.5. The number of phenolic OH excluding ortho intramolecular Hbond substituents is 1. The van der Waals surface area contributed by atoms with Gasteiger partial charge in [-0.1, -0.05) is 30.7 Å². The van der Waals surface area contributed by atoms with Crippen LogP contribution in [0, 0.1) is 0 Å². The van der Waals surface area contributed by atoms with E-state index in [1.54, 1.807) is 31.4 Å². The molecule has 1 aliphatic heterocycles. The Morgan fingerprint density at radius 1 is 1.00 bits per heavy atom. The quantitative estimate of drug-likeness (QED) is 0.741. The molecule has 5 heteroatoms. The minimum Gasteiger partial charge on any atom is -0.508 e. The molecule has 3 atom stereocenters. The van der Waals surface area contributed by atoms with Crippen LogP contribution in [0.3, 0.4) is 0 Å². The van der Waals surface area contributed by atoms with Crippen LogP contribution in [0.4, 0.5) is 0 Å². The molecule has 2 aromatic rings. The number of hydrogen-bond donors (Lipinski definition) is 3. The average Bonchev–Trinajstić information content (AvgIpc) is 2.68. The van der Waals surface area contributed by atoms with Crippen molar-refractivity contribution < 1.29 is 20.1 Å². The molecule has 0 aromatic heterocycles. The fraction of sp³-hybridized carbons (Fsp3) is 0.429. The summed E-state index contributed by atoms with van der Waals surface area (Å²) < 4.78 is 5.18. The van der Waals surface area contributed by atoms with Crippen LogP contribution in [0.15, 0.2) is 48.5 Å². The Balaban J connectivity index is 1.71. The summed E-state index contributed by atoms with van der Waals surface area (Å²) in [6, 6.07) is 14.1. The molecule has 0 amide bonds. The average molecular weight is 357 g/mol. The van der Waals surface area contributed by atoms with Crippen LogP contribution in [-0.4, -0.2) is 46.5 Å². The van der Waals surface area contributed by atoms with E-state index in [1.165, 1.54) is 0 Å². The van der Waals surface area contributed by atoms with Crippen molar-refractivity contribution in [2.45, 2.75) is 37.5 Å². The Morgan fingerprint density at radius 2 is 1.65 bits per heavy atom. The Hall–Kier alpha value is -2.08. The lowest BCUT2D eigenvalue weighted by Gasteiger charge is -2.39. The number of β-amino-alcohol motifs (C(OH)–C–C–N with tert-alkyl or cyclic N) is 1. The van der Waals surface area contributed by atoms with Crippen molar-refractivity contribution in [1.29, 1.82) is 0 Å². The Bertz CT molecular complexity index is 686. The van der Waals surface area contributed by atoms with Gasteiger partial charge in [-0.15, -0.1) is 0 Å². The lowest BCUT2D eigenvalue weighted by atomic mass is 9.92. The van der Waals surface area contributed by atoms with Gasteiger partial charge in [-0.05, 0) is 54.8 Å². The molecular formula is C21H27NO4. The van der Waals surface area contributed by atoms with E-state index < -0.39 is 12.2 Å². The highest BCUT2D eigenvalue weighted by Gasteiger charge is 2.31. The lowest BCUT2D eigenvalue weighted by Crippen LogP contribution is -2.45. The second-order valence-corrected chi connectivity index (χ2v) is 6.88. The molecule has 0 saturated carbocycles. The summed E-state index contributed by atoms with van der Waals surface area (Å²) in [5, 5.41) is 30.9. The number of piperidine rings is 1. The minimum absolute atomic E-state index is 0.0242. The molecule has 3 N–H and O–H groups in total. The molecule has 1 saturated heterocycles. The van der Waals surface area contributed by atoms with Gasteiger partial charge in [0.1, 0.15) is 11.5 Å². The third kappa shape index (κ3) is 4.36. The van der Waals surface area contributed by atoms with Gasteiger partial charge < -0.3 is 20.1 Å². The summed E-state index contributed by atoms with van der Waals surface area (Å²) >= 11 is 0. The van der Waals surface area contributed by atoms with Gasteiger partial charge in [0.15, 0.2) is 0 Å². The maximum absolute atomic E-state index is 10.9. The van der Waals surface area contributed by atoms with Crippen molar-refractivity contribution in [1.82, 2.24) is 4.90 Å². The van der Waals surface area contributed by atoms with Crippen LogP contribution in [0.1, 0.15) is 42.6 Å². The predicted octanol–water partition coefficient (Wildman–Crippen LogP) is 3.02. The van der Waals surface area contributed by atoms with Gasteiger partial charge in [0, 0.05) is 12.6 Å².